The van der Waals surface area contributed by atoms with Crippen LogP contribution in [0.3, 0.4) is 0 Å². The molecule has 0 atom stereocenters. The van der Waals surface area contributed by atoms with E-state index in [1.165, 1.54) is 37.7 Å². The number of hydrogen-bond donors (Lipinski definition) is 0. The average Bonchev–Trinajstić information content (AvgIpc) is 3.30. The summed E-state index contributed by atoms with van der Waals surface area (Å²) in [5, 5.41) is 9.61. The molecule has 0 radical (unpaired) electrons. The molecule has 7 nitrogen and oxygen atoms in total. The van der Waals surface area contributed by atoms with Crippen molar-refractivity contribution >= 4 is 28.7 Å². The van der Waals surface area contributed by atoms with Gasteiger partial charge in [0, 0.05) is 11.1 Å². The van der Waals surface area contributed by atoms with Gasteiger partial charge in [-0.3, -0.25) is 0 Å². The number of esters is 1. The zero-order valence-electron chi connectivity index (χ0n) is 19.0. The Labute approximate surface area is 203 Å². The number of nitrogens with zero attached hydrogens (tertiary/aromatic N) is 2. The van der Waals surface area contributed by atoms with Gasteiger partial charge in [0.25, 0.3) is 0 Å². The monoisotopic (exact) mass is 506 g/mol. The minimum atomic E-state index is -4.46. The van der Waals surface area contributed by atoms with E-state index < -0.39 is 17.7 Å². The molecule has 0 aliphatic carbocycles. The number of hydrogen-bond acceptors (Lipinski definition) is 8. The topological polar surface area (TPSA) is 78.7 Å². The Bertz CT molecular complexity index is 1240. The van der Waals surface area contributed by atoms with Crippen molar-refractivity contribution in [2.75, 3.05) is 14.2 Å². The fourth-order valence-electron chi connectivity index (χ4n) is 2.92. The maximum atomic E-state index is 12.9. The molecular weight excluding hydrogens is 485 g/mol. The van der Waals surface area contributed by atoms with E-state index in [2.05, 4.69) is 10.3 Å². The highest BCUT2D eigenvalue weighted by Gasteiger charge is 2.30. The molecule has 0 saturated carbocycles. The normalized spacial score (nSPS) is 12.3. The number of benzene rings is 2. The van der Waals surface area contributed by atoms with Crippen LogP contribution in [0.2, 0.25) is 0 Å². The molecule has 0 saturated heterocycles. The molecule has 0 amide bonds. The average molecular weight is 507 g/mol. The van der Waals surface area contributed by atoms with Gasteiger partial charge in [-0.15, -0.1) is 11.3 Å². The summed E-state index contributed by atoms with van der Waals surface area (Å²) in [5.41, 5.74) is 1.04. The van der Waals surface area contributed by atoms with Crippen LogP contribution in [0.4, 0.5) is 13.2 Å². The zero-order valence-corrected chi connectivity index (χ0v) is 19.8. The summed E-state index contributed by atoms with van der Waals surface area (Å²) in [6.45, 7) is 1.76. The van der Waals surface area contributed by atoms with Crippen LogP contribution in [-0.4, -0.2) is 31.6 Å². The van der Waals surface area contributed by atoms with Crippen molar-refractivity contribution in [3.63, 3.8) is 0 Å². The third-order valence-corrected chi connectivity index (χ3v) is 5.56. The molecule has 2 aromatic carbocycles. The summed E-state index contributed by atoms with van der Waals surface area (Å²) in [7, 11) is 2.57. The van der Waals surface area contributed by atoms with Gasteiger partial charge in [-0.1, -0.05) is 28.5 Å². The van der Waals surface area contributed by atoms with Gasteiger partial charge in [-0.05, 0) is 48.7 Å². The largest absolute Gasteiger partial charge is 0.464 e. The number of carbonyl (C=O) groups excluding carboxylic acids is 1. The molecule has 1 heterocycles. The Morgan fingerprint density at radius 1 is 1.00 bits per heavy atom. The second-order valence-corrected chi connectivity index (χ2v) is 7.91. The highest BCUT2D eigenvalue weighted by Crippen LogP contribution is 2.33. The first kappa shape index (κ1) is 25.8. The molecule has 0 unspecified atom stereocenters. The Morgan fingerprint density at radius 3 is 2.40 bits per heavy atom. The van der Waals surface area contributed by atoms with Crippen LogP contribution in [-0.2, 0) is 32.0 Å². The van der Waals surface area contributed by atoms with Crippen molar-refractivity contribution in [3.05, 3.63) is 81.5 Å². The first-order valence-corrected chi connectivity index (χ1v) is 11.0. The third-order valence-electron chi connectivity index (χ3n) is 4.59. The SMILES string of the molecule is CO/N=C(\C(=O)OC)c1sccc1CO/N=C(\C)c1cccc(Oc2cccc(C(F)(F)F)c2)c1. The van der Waals surface area contributed by atoms with Gasteiger partial charge in [-0.25, -0.2) is 4.79 Å². The molecule has 0 aliphatic heterocycles. The number of carbonyl (C=O) groups is 1. The van der Waals surface area contributed by atoms with E-state index in [-0.39, 0.29) is 18.1 Å². The van der Waals surface area contributed by atoms with E-state index >= 15 is 0 Å². The van der Waals surface area contributed by atoms with Crippen molar-refractivity contribution in [3.8, 4) is 11.5 Å². The number of rotatable bonds is 9. The summed E-state index contributed by atoms with van der Waals surface area (Å²) in [6, 6.07) is 13.1. The lowest BCUT2D eigenvalue weighted by atomic mass is 10.1. The van der Waals surface area contributed by atoms with E-state index in [9.17, 15) is 18.0 Å². The van der Waals surface area contributed by atoms with Crippen LogP contribution in [0, 0.1) is 0 Å². The van der Waals surface area contributed by atoms with Crippen LogP contribution in [0.15, 0.2) is 70.3 Å². The zero-order chi connectivity index (χ0) is 25.4. The Hall–Kier alpha value is -3.86. The summed E-state index contributed by atoms with van der Waals surface area (Å²) in [4.78, 5) is 22.7. The first-order valence-electron chi connectivity index (χ1n) is 10.1. The second kappa shape index (κ2) is 11.5. The van der Waals surface area contributed by atoms with Gasteiger partial charge < -0.3 is 19.1 Å². The lowest BCUT2D eigenvalue weighted by Crippen LogP contribution is -2.17. The summed E-state index contributed by atoms with van der Waals surface area (Å²) in [6.07, 6.45) is -4.46. The van der Waals surface area contributed by atoms with Crippen LogP contribution in [0.1, 0.15) is 28.5 Å². The molecule has 3 rings (SSSR count). The van der Waals surface area contributed by atoms with Crippen molar-refractivity contribution in [1.82, 2.24) is 0 Å². The summed E-state index contributed by atoms with van der Waals surface area (Å²) >= 11 is 1.27. The Morgan fingerprint density at radius 2 is 1.71 bits per heavy atom. The predicted octanol–water partition coefficient (Wildman–Crippen LogP) is 6.02. The van der Waals surface area contributed by atoms with Crippen LogP contribution in [0.5, 0.6) is 11.5 Å². The maximum Gasteiger partial charge on any atom is 0.416 e. The van der Waals surface area contributed by atoms with Gasteiger partial charge >= 0.3 is 12.1 Å². The number of methoxy groups -OCH3 is 1. The standard InChI is InChI=1S/C24H21F3N2O5S/c1-15(28-33-14-17-10-11-35-22(17)21(29-32-3)23(30)31-2)16-6-4-8-19(12-16)34-20-9-5-7-18(13-20)24(25,26)27/h4-13H,14H2,1-3H3/b28-15+,29-21-. The van der Waals surface area contributed by atoms with Crippen molar-refractivity contribution in [1.29, 1.82) is 0 Å². The van der Waals surface area contributed by atoms with Gasteiger partial charge in [-0.2, -0.15) is 13.2 Å². The van der Waals surface area contributed by atoms with E-state index in [1.54, 1.807) is 42.6 Å². The predicted molar refractivity (Wildman–Crippen MR) is 125 cm³/mol. The summed E-state index contributed by atoms with van der Waals surface area (Å²) < 4.78 is 49.2. The van der Waals surface area contributed by atoms with Crippen LogP contribution < -0.4 is 4.74 Å². The molecule has 0 aliphatic rings. The first-order chi connectivity index (χ1) is 16.7. The van der Waals surface area contributed by atoms with Crippen LogP contribution in [0.25, 0.3) is 0 Å². The van der Waals surface area contributed by atoms with E-state index in [0.29, 0.717) is 27.5 Å². The minimum absolute atomic E-state index is 0.0174. The number of halogens is 3. The van der Waals surface area contributed by atoms with Crippen molar-refractivity contribution in [2.45, 2.75) is 19.7 Å². The fourth-order valence-corrected chi connectivity index (χ4v) is 3.80. The van der Waals surface area contributed by atoms with Crippen molar-refractivity contribution in [2.24, 2.45) is 10.3 Å². The molecule has 11 heteroatoms. The van der Waals surface area contributed by atoms with E-state index in [1.807, 2.05) is 0 Å². The molecule has 1 aromatic heterocycles. The number of oxime groups is 2. The molecule has 3 aromatic rings. The lowest BCUT2D eigenvalue weighted by molar-refractivity contribution is -0.137. The summed E-state index contributed by atoms with van der Waals surface area (Å²) in [5.74, 6) is -0.241. The van der Waals surface area contributed by atoms with E-state index in [4.69, 9.17) is 19.1 Å². The van der Waals surface area contributed by atoms with Crippen LogP contribution >= 0.6 is 11.3 Å². The Kier molecular flexibility index (Phi) is 8.48. The van der Waals surface area contributed by atoms with Gasteiger partial charge in [0.2, 0.25) is 5.71 Å². The number of alkyl halides is 3. The van der Waals surface area contributed by atoms with Crippen molar-refractivity contribution < 1.29 is 37.1 Å². The molecule has 0 fully saturated rings. The number of thiophene rings is 1. The van der Waals surface area contributed by atoms with Gasteiger partial charge in [0.05, 0.1) is 23.3 Å². The molecule has 0 spiro atoms. The molecule has 35 heavy (non-hydrogen) atoms. The molecule has 0 bridgehead atoms. The lowest BCUT2D eigenvalue weighted by Gasteiger charge is -2.11. The Balaban J connectivity index is 1.70. The molecule has 0 N–H and O–H groups in total. The minimum Gasteiger partial charge on any atom is -0.464 e. The fraction of sp³-hybridized carbons (Fsp3) is 0.208. The number of ether oxygens (including phenoxy) is 2. The van der Waals surface area contributed by atoms with Gasteiger partial charge in [0.15, 0.2) is 0 Å². The molecule has 184 valence electrons. The van der Waals surface area contributed by atoms with Gasteiger partial charge in [0.1, 0.15) is 25.2 Å². The second-order valence-electron chi connectivity index (χ2n) is 6.99. The highest BCUT2D eigenvalue weighted by atomic mass is 32.1. The highest BCUT2D eigenvalue weighted by molar-refractivity contribution is 7.13. The molecular formula is C24H21F3N2O5S. The smallest absolute Gasteiger partial charge is 0.416 e. The third kappa shape index (κ3) is 6.82. The van der Waals surface area contributed by atoms with E-state index in [0.717, 1.165) is 12.1 Å². The quantitative estimate of drug-likeness (QED) is 0.201. The maximum absolute atomic E-state index is 12.9.